The van der Waals surface area contributed by atoms with Gasteiger partial charge in [-0.05, 0) is 47.5 Å². The molecule has 4 aromatic rings. The molecule has 9 heteroatoms. The topological polar surface area (TPSA) is 88.8 Å². The Hall–Kier alpha value is -4.01. The molecule has 2 N–H and O–H groups in total. The lowest BCUT2D eigenvalue weighted by molar-refractivity contribution is 0.0943. The highest BCUT2D eigenvalue weighted by atomic mass is 35.5. The van der Waals surface area contributed by atoms with Crippen molar-refractivity contribution in [2.75, 3.05) is 38.3 Å². The third-order valence-corrected chi connectivity index (χ3v) is 7.17. The van der Waals surface area contributed by atoms with Crippen molar-refractivity contribution in [3.63, 3.8) is 0 Å². The monoisotopic (exact) mass is 546 g/mol. The van der Waals surface area contributed by atoms with Gasteiger partial charge in [0.05, 0.1) is 50.1 Å². The summed E-state index contributed by atoms with van der Waals surface area (Å²) in [4.78, 5) is 19.8. The zero-order valence-electron chi connectivity index (χ0n) is 21.7. The van der Waals surface area contributed by atoms with E-state index in [2.05, 4.69) is 19.8 Å². The summed E-state index contributed by atoms with van der Waals surface area (Å²) in [7, 11) is 1.61. The number of para-hydroxylation sites is 1. The fourth-order valence-electron chi connectivity index (χ4n) is 4.73. The molecule has 1 aromatic heterocycles. The lowest BCUT2D eigenvalue weighted by Crippen LogP contribution is -2.35. The molecule has 1 aliphatic rings. The van der Waals surface area contributed by atoms with Crippen molar-refractivity contribution in [1.82, 2.24) is 14.9 Å². The predicted molar refractivity (Wildman–Crippen MR) is 151 cm³/mol. The second kappa shape index (κ2) is 12.2. The van der Waals surface area contributed by atoms with Crippen LogP contribution in [-0.2, 0) is 13.1 Å². The molecule has 0 radical (unpaired) electrons. The van der Waals surface area contributed by atoms with Crippen LogP contribution in [0.25, 0.3) is 0 Å². The molecule has 0 bridgehead atoms. The summed E-state index contributed by atoms with van der Waals surface area (Å²) in [5.74, 6) is 0.825. The molecule has 39 heavy (non-hydrogen) atoms. The molecule has 0 saturated carbocycles. The first-order valence-electron chi connectivity index (χ1n) is 12.8. The van der Waals surface area contributed by atoms with Gasteiger partial charge in [0.25, 0.3) is 5.91 Å². The molecule has 0 aliphatic carbocycles. The number of imidazole rings is 1. The molecule has 0 saturated heterocycles. The van der Waals surface area contributed by atoms with Crippen molar-refractivity contribution in [1.29, 1.82) is 0 Å². The largest absolute Gasteiger partial charge is 0.497 e. The number of carbonyl (C=O) groups excluding carboxylic acids is 1. The number of anilines is 1. The van der Waals surface area contributed by atoms with Crippen LogP contribution in [0.2, 0.25) is 5.02 Å². The fraction of sp³-hybridized carbons (Fsp3) is 0.267. The highest BCUT2D eigenvalue weighted by molar-refractivity contribution is 6.30. The van der Waals surface area contributed by atoms with Gasteiger partial charge in [-0.3, -0.25) is 4.79 Å². The zero-order chi connectivity index (χ0) is 27.2. The maximum absolute atomic E-state index is 13.2. The molecule has 5 rings (SSSR count). The van der Waals surface area contributed by atoms with Crippen LogP contribution in [0.5, 0.6) is 11.5 Å². The minimum atomic E-state index is -0.242. The number of amides is 1. The quantitative estimate of drug-likeness (QED) is 0.304. The first kappa shape index (κ1) is 26.6. The number of nitrogens with zero attached hydrogens (tertiary/aromatic N) is 3. The number of aromatic nitrogens is 2. The van der Waals surface area contributed by atoms with Crippen LogP contribution < -0.4 is 19.7 Å². The van der Waals surface area contributed by atoms with E-state index in [0.717, 1.165) is 28.3 Å². The minimum Gasteiger partial charge on any atom is -0.497 e. The summed E-state index contributed by atoms with van der Waals surface area (Å²) in [5.41, 5.74) is 4.44. The van der Waals surface area contributed by atoms with Crippen LogP contribution in [0.4, 0.5) is 5.69 Å². The van der Waals surface area contributed by atoms with Crippen LogP contribution in [0.1, 0.15) is 33.1 Å². The van der Waals surface area contributed by atoms with Crippen molar-refractivity contribution in [3.05, 3.63) is 107 Å². The molecule has 202 valence electrons. The van der Waals surface area contributed by atoms with Crippen molar-refractivity contribution >= 4 is 23.2 Å². The van der Waals surface area contributed by atoms with E-state index in [1.807, 2.05) is 73.2 Å². The second-order valence-electron chi connectivity index (χ2n) is 9.43. The number of carbonyl (C=O) groups is 1. The molecule has 1 amide bonds. The summed E-state index contributed by atoms with van der Waals surface area (Å²) >= 11 is 6.04. The smallest absolute Gasteiger partial charge is 0.255 e. The van der Waals surface area contributed by atoms with E-state index in [1.165, 1.54) is 0 Å². The summed E-state index contributed by atoms with van der Waals surface area (Å²) in [6, 6.07) is 20.9. The molecule has 0 fully saturated rings. The van der Waals surface area contributed by atoms with E-state index in [-0.39, 0.29) is 18.4 Å². The number of ether oxygens (including phenoxy) is 2. The molecule has 1 atom stereocenters. The van der Waals surface area contributed by atoms with E-state index >= 15 is 0 Å². The van der Waals surface area contributed by atoms with Gasteiger partial charge in [-0.15, -0.1) is 0 Å². The van der Waals surface area contributed by atoms with Crippen molar-refractivity contribution in [3.8, 4) is 11.5 Å². The van der Waals surface area contributed by atoms with Crippen LogP contribution in [0.3, 0.4) is 0 Å². The average Bonchev–Trinajstić information content (AvgIpc) is 3.40. The molecular formula is C30H31ClN4O4. The van der Waals surface area contributed by atoms with Crippen molar-refractivity contribution in [2.45, 2.75) is 19.0 Å². The van der Waals surface area contributed by atoms with Gasteiger partial charge >= 0.3 is 0 Å². The SMILES string of the molecule is COc1ccc(C(CO)CNC(=O)c2cccc3c2OCCN3Cc2cncn2Cc2ccc(Cl)cc2)cc1. The summed E-state index contributed by atoms with van der Waals surface area (Å²) < 4.78 is 13.3. The van der Waals surface area contributed by atoms with Crippen LogP contribution in [0.15, 0.2) is 79.3 Å². The predicted octanol–water partition coefficient (Wildman–Crippen LogP) is 4.50. The first-order valence-corrected chi connectivity index (χ1v) is 13.2. The van der Waals surface area contributed by atoms with Crippen molar-refractivity contribution in [2.24, 2.45) is 0 Å². The van der Waals surface area contributed by atoms with E-state index < -0.39 is 0 Å². The second-order valence-corrected chi connectivity index (χ2v) is 9.86. The average molecular weight is 547 g/mol. The van der Waals surface area contributed by atoms with Gasteiger partial charge in [-0.25, -0.2) is 4.98 Å². The van der Waals surface area contributed by atoms with E-state index in [4.69, 9.17) is 21.1 Å². The van der Waals surface area contributed by atoms with Crippen LogP contribution in [0, 0.1) is 0 Å². The van der Waals surface area contributed by atoms with Gasteiger partial charge in [-0.2, -0.15) is 0 Å². The Morgan fingerprint density at radius 2 is 1.92 bits per heavy atom. The third-order valence-electron chi connectivity index (χ3n) is 6.92. The molecule has 1 aliphatic heterocycles. The normalized spacial score (nSPS) is 13.4. The molecule has 2 heterocycles. The highest BCUT2D eigenvalue weighted by Gasteiger charge is 2.25. The Kier molecular flexibility index (Phi) is 8.34. The fourth-order valence-corrected chi connectivity index (χ4v) is 4.85. The third kappa shape index (κ3) is 6.19. The van der Waals surface area contributed by atoms with Gasteiger partial charge in [-0.1, -0.05) is 41.9 Å². The van der Waals surface area contributed by atoms with Gasteiger partial charge < -0.3 is 29.4 Å². The van der Waals surface area contributed by atoms with Crippen molar-refractivity contribution < 1.29 is 19.4 Å². The molecule has 8 nitrogen and oxygen atoms in total. The Morgan fingerprint density at radius 1 is 1.13 bits per heavy atom. The lowest BCUT2D eigenvalue weighted by atomic mass is 9.99. The van der Waals surface area contributed by atoms with Gasteiger partial charge in [0.15, 0.2) is 5.75 Å². The number of methoxy groups -OCH3 is 1. The number of benzene rings is 3. The number of aliphatic hydroxyl groups is 1. The number of fused-ring (bicyclic) bond motifs is 1. The van der Waals surface area contributed by atoms with Gasteiger partial charge in [0.2, 0.25) is 0 Å². The summed E-state index contributed by atoms with van der Waals surface area (Å²) in [6.07, 6.45) is 3.70. The lowest BCUT2D eigenvalue weighted by Gasteiger charge is -2.32. The van der Waals surface area contributed by atoms with Crippen LogP contribution in [-0.4, -0.2) is 54.0 Å². The maximum Gasteiger partial charge on any atom is 0.255 e. The number of rotatable bonds is 10. The van der Waals surface area contributed by atoms with E-state index in [0.29, 0.717) is 49.1 Å². The Morgan fingerprint density at radius 3 is 2.67 bits per heavy atom. The number of hydrogen-bond acceptors (Lipinski definition) is 6. The Labute approximate surface area is 232 Å². The van der Waals surface area contributed by atoms with Gasteiger partial charge in [0.1, 0.15) is 12.4 Å². The molecule has 3 aromatic carbocycles. The number of aliphatic hydroxyl groups excluding tert-OH is 1. The Balaban J connectivity index is 1.29. The first-order chi connectivity index (χ1) is 19.1. The zero-order valence-corrected chi connectivity index (χ0v) is 22.5. The molecule has 0 spiro atoms. The minimum absolute atomic E-state index is 0.0898. The Bertz CT molecular complexity index is 1410. The number of nitrogens with one attached hydrogen (secondary N) is 1. The number of hydrogen-bond donors (Lipinski definition) is 2. The van der Waals surface area contributed by atoms with E-state index in [1.54, 1.807) is 13.2 Å². The van der Waals surface area contributed by atoms with Gasteiger partial charge in [0, 0.05) is 30.2 Å². The highest BCUT2D eigenvalue weighted by Crippen LogP contribution is 2.36. The molecular weight excluding hydrogens is 516 g/mol. The van der Waals surface area contributed by atoms with E-state index in [9.17, 15) is 9.90 Å². The number of halogens is 1. The van der Waals surface area contributed by atoms with Crippen LogP contribution >= 0.6 is 11.6 Å². The summed E-state index contributed by atoms with van der Waals surface area (Å²) in [5, 5.41) is 13.6. The summed E-state index contributed by atoms with van der Waals surface area (Å²) in [6.45, 7) is 2.67. The standard InChI is InChI=1S/C30H31ClN4O4/c1-38-26-11-7-22(8-12-26)23(19-36)15-33-30(37)27-3-2-4-28-29(27)39-14-13-34(28)18-25-16-32-20-35(25)17-21-5-9-24(31)10-6-21/h2-12,16,20,23,36H,13-15,17-19H2,1H3,(H,33,37). The molecule has 1 unspecified atom stereocenters. The maximum atomic E-state index is 13.2.